The van der Waals surface area contributed by atoms with E-state index >= 15 is 0 Å². The number of fused-ring (bicyclic) bond motifs is 1. The topological polar surface area (TPSA) is 72.9 Å². The lowest BCUT2D eigenvalue weighted by atomic mass is 10.1. The van der Waals surface area contributed by atoms with Gasteiger partial charge in [0, 0.05) is 36.1 Å². The number of nitrogens with zero attached hydrogens (tertiary/aromatic N) is 2. The molecule has 2 aromatic rings. The summed E-state index contributed by atoms with van der Waals surface area (Å²) >= 11 is 0. The molecule has 0 radical (unpaired) electrons. The second kappa shape index (κ2) is 6.75. The smallest absolute Gasteiger partial charge is 0.224 e. The third-order valence-electron chi connectivity index (χ3n) is 4.04. The van der Waals surface area contributed by atoms with Crippen molar-refractivity contribution in [3.05, 3.63) is 36.2 Å². The summed E-state index contributed by atoms with van der Waals surface area (Å²) in [5, 5.41) is 2.89. The molecule has 2 heterocycles. The van der Waals surface area contributed by atoms with E-state index < -0.39 is 0 Å². The Bertz CT molecular complexity index is 645. The highest BCUT2D eigenvalue weighted by Crippen LogP contribution is 2.25. The van der Waals surface area contributed by atoms with Gasteiger partial charge in [-0.25, -0.2) is 4.98 Å². The van der Waals surface area contributed by atoms with Gasteiger partial charge in [0.25, 0.3) is 0 Å². The molecule has 0 atom stereocenters. The van der Waals surface area contributed by atoms with Crippen LogP contribution in [0.2, 0.25) is 0 Å². The van der Waals surface area contributed by atoms with Crippen molar-refractivity contribution < 1.29 is 4.79 Å². The first kappa shape index (κ1) is 14.8. The number of benzene rings is 1. The van der Waals surface area contributed by atoms with Crippen LogP contribution in [0.4, 0.5) is 5.69 Å². The minimum Gasteiger partial charge on any atom is -0.330 e. The Hall–Kier alpha value is -2.14. The molecule has 0 aliphatic carbocycles. The number of hydrogen-bond acceptors (Lipinski definition) is 3. The minimum absolute atomic E-state index is 0.0105. The van der Waals surface area contributed by atoms with E-state index in [0.717, 1.165) is 30.0 Å². The first-order valence-electron chi connectivity index (χ1n) is 7.92. The third-order valence-corrected chi connectivity index (χ3v) is 4.04. The van der Waals surface area contributed by atoms with E-state index in [4.69, 9.17) is 5.73 Å². The number of aryl methyl sites for hydroxylation is 1. The molecule has 0 unspecified atom stereocenters. The summed E-state index contributed by atoms with van der Waals surface area (Å²) < 4.78 is 2.30. The van der Waals surface area contributed by atoms with Crippen LogP contribution in [-0.2, 0) is 17.8 Å². The first-order chi connectivity index (χ1) is 10.8. The van der Waals surface area contributed by atoms with Gasteiger partial charge in [-0.05, 0) is 56.5 Å². The normalized spacial score (nSPS) is 13.7. The summed E-state index contributed by atoms with van der Waals surface area (Å²) in [6.45, 7) is 1.58. The Morgan fingerprint density at radius 2 is 2.09 bits per heavy atom. The van der Waals surface area contributed by atoms with Gasteiger partial charge in [-0.2, -0.15) is 0 Å². The maximum Gasteiger partial charge on any atom is 0.224 e. The minimum atomic E-state index is 0.0105. The van der Waals surface area contributed by atoms with Gasteiger partial charge < -0.3 is 15.6 Å². The molecule has 3 N–H and O–H groups in total. The van der Waals surface area contributed by atoms with Crippen molar-refractivity contribution in [2.24, 2.45) is 5.73 Å². The monoisotopic (exact) mass is 298 g/mol. The summed E-state index contributed by atoms with van der Waals surface area (Å²) in [7, 11) is 0. The molecule has 0 spiro atoms. The van der Waals surface area contributed by atoms with Crippen LogP contribution < -0.4 is 11.1 Å². The van der Waals surface area contributed by atoms with E-state index in [2.05, 4.69) is 14.9 Å². The average molecular weight is 298 g/mol. The zero-order chi connectivity index (χ0) is 15.4. The largest absolute Gasteiger partial charge is 0.330 e. The van der Waals surface area contributed by atoms with Crippen molar-refractivity contribution in [1.82, 2.24) is 9.55 Å². The van der Waals surface area contributed by atoms with Crippen LogP contribution in [0, 0.1) is 0 Å². The molecular weight excluding hydrogens is 276 g/mol. The lowest BCUT2D eigenvalue weighted by molar-refractivity contribution is -0.116. The molecule has 0 saturated heterocycles. The number of nitrogens with two attached hydrogens (primary N) is 1. The van der Waals surface area contributed by atoms with Crippen molar-refractivity contribution in [3.8, 4) is 11.4 Å². The number of anilines is 1. The fourth-order valence-corrected chi connectivity index (χ4v) is 2.86. The van der Waals surface area contributed by atoms with Gasteiger partial charge in [0.1, 0.15) is 5.82 Å². The average Bonchev–Trinajstić information content (AvgIpc) is 2.98. The van der Waals surface area contributed by atoms with Crippen molar-refractivity contribution in [1.29, 1.82) is 0 Å². The Labute approximate surface area is 130 Å². The Morgan fingerprint density at radius 3 is 2.86 bits per heavy atom. The number of nitrogens with one attached hydrogen (secondary N) is 1. The zero-order valence-corrected chi connectivity index (χ0v) is 12.7. The van der Waals surface area contributed by atoms with Crippen molar-refractivity contribution in [2.45, 2.75) is 38.6 Å². The van der Waals surface area contributed by atoms with Crippen LogP contribution in [0.3, 0.4) is 0 Å². The van der Waals surface area contributed by atoms with E-state index in [1.807, 2.05) is 30.5 Å². The highest BCUT2D eigenvalue weighted by atomic mass is 16.1. The Balaban J connectivity index is 1.72. The number of hydrogen-bond donors (Lipinski definition) is 2. The van der Waals surface area contributed by atoms with Crippen molar-refractivity contribution in [2.75, 3.05) is 11.9 Å². The molecule has 1 amide bonds. The molecule has 1 aromatic heterocycles. The number of rotatable bonds is 5. The lowest BCUT2D eigenvalue weighted by Gasteiger charge is -2.16. The van der Waals surface area contributed by atoms with Crippen LogP contribution >= 0.6 is 0 Å². The molecule has 1 aliphatic heterocycles. The fraction of sp³-hybridized carbons (Fsp3) is 0.412. The summed E-state index contributed by atoms with van der Waals surface area (Å²) in [6, 6.07) is 7.89. The quantitative estimate of drug-likeness (QED) is 0.891. The standard InChI is InChI=1S/C17H22N4O/c18-10-3-5-16(22)20-14-8-6-13(7-9-14)17-19-12-15-4-1-2-11-21(15)17/h6-9,12H,1-5,10-11,18H2,(H,20,22). The summed E-state index contributed by atoms with van der Waals surface area (Å²) in [6.07, 6.45) is 6.74. The molecule has 1 aliphatic rings. The zero-order valence-electron chi connectivity index (χ0n) is 12.7. The van der Waals surface area contributed by atoms with Gasteiger partial charge in [0.05, 0.1) is 0 Å². The van der Waals surface area contributed by atoms with Crippen molar-refractivity contribution in [3.63, 3.8) is 0 Å². The van der Waals surface area contributed by atoms with E-state index in [1.165, 1.54) is 18.5 Å². The first-order valence-corrected chi connectivity index (χ1v) is 7.92. The molecule has 1 aromatic carbocycles. The van der Waals surface area contributed by atoms with Crippen LogP contribution in [0.15, 0.2) is 30.5 Å². The third kappa shape index (κ3) is 3.20. The van der Waals surface area contributed by atoms with Gasteiger partial charge in [-0.3, -0.25) is 4.79 Å². The Kier molecular flexibility index (Phi) is 4.53. The highest BCUT2D eigenvalue weighted by molar-refractivity contribution is 5.90. The van der Waals surface area contributed by atoms with Crippen LogP contribution in [0.1, 0.15) is 31.4 Å². The predicted molar refractivity (Wildman–Crippen MR) is 87.5 cm³/mol. The summed E-state index contributed by atoms with van der Waals surface area (Å²) in [5.74, 6) is 1.03. The highest BCUT2D eigenvalue weighted by Gasteiger charge is 2.15. The SMILES string of the molecule is NCCCC(=O)Nc1ccc(-c2ncc3n2CCCC3)cc1. The molecule has 0 bridgehead atoms. The summed E-state index contributed by atoms with van der Waals surface area (Å²) in [5.41, 5.74) is 8.64. The van der Waals surface area contributed by atoms with Gasteiger partial charge in [0.2, 0.25) is 5.91 Å². The van der Waals surface area contributed by atoms with Crippen molar-refractivity contribution >= 4 is 11.6 Å². The lowest BCUT2D eigenvalue weighted by Crippen LogP contribution is -2.13. The van der Waals surface area contributed by atoms with E-state index in [9.17, 15) is 4.79 Å². The van der Waals surface area contributed by atoms with E-state index in [1.54, 1.807) is 0 Å². The maximum absolute atomic E-state index is 11.7. The number of carbonyl (C=O) groups is 1. The summed E-state index contributed by atoms with van der Waals surface area (Å²) in [4.78, 5) is 16.3. The predicted octanol–water partition coefficient (Wildman–Crippen LogP) is 2.56. The van der Waals surface area contributed by atoms with Gasteiger partial charge in [-0.1, -0.05) is 0 Å². The molecular formula is C17H22N4O. The number of aromatic nitrogens is 2. The van der Waals surface area contributed by atoms with Crippen LogP contribution in [0.25, 0.3) is 11.4 Å². The second-order valence-corrected chi connectivity index (χ2v) is 5.70. The molecule has 5 nitrogen and oxygen atoms in total. The van der Waals surface area contributed by atoms with E-state index in [-0.39, 0.29) is 5.91 Å². The molecule has 5 heteroatoms. The molecule has 0 fully saturated rings. The second-order valence-electron chi connectivity index (χ2n) is 5.70. The van der Waals surface area contributed by atoms with Crippen LogP contribution in [-0.4, -0.2) is 22.0 Å². The molecule has 116 valence electrons. The van der Waals surface area contributed by atoms with Gasteiger partial charge in [-0.15, -0.1) is 0 Å². The van der Waals surface area contributed by atoms with Crippen LogP contribution in [0.5, 0.6) is 0 Å². The number of amides is 1. The van der Waals surface area contributed by atoms with Gasteiger partial charge in [0.15, 0.2) is 0 Å². The maximum atomic E-state index is 11.7. The molecule has 3 rings (SSSR count). The number of carbonyl (C=O) groups excluding carboxylic acids is 1. The van der Waals surface area contributed by atoms with Gasteiger partial charge >= 0.3 is 0 Å². The fourth-order valence-electron chi connectivity index (χ4n) is 2.86. The number of imidazole rings is 1. The Morgan fingerprint density at radius 1 is 1.27 bits per heavy atom. The molecule has 0 saturated carbocycles. The molecule has 22 heavy (non-hydrogen) atoms. The van der Waals surface area contributed by atoms with E-state index in [0.29, 0.717) is 19.4 Å².